The van der Waals surface area contributed by atoms with Crippen LogP contribution in [0.2, 0.25) is 0 Å². The standard InChI is InChI=1S/C17H19N5O3S/c1-25-10-7-18-14(23)12-26-17-20-19-15-16(24)21(8-9-22(15)17)11-13-5-3-2-4-6-13/h2-6,8-9H,7,10-12H2,1H3,(H,18,23). The molecular weight excluding hydrogens is 354 g/mol. The van der Waals surface area contributed by atoms with Crippen molar-refractivity contribution in [1.29, 1.82) is 0 Å². The number of benzene rings is 1. The Morgan fingerprint density at radius 3 is 2.81 bits per heavy atom. The lowest BCUT2D eigenvalue weighted by Crippen LogP contribution is -2.28. The molecule has 3 rings (SSSR count). The monoisotopic (exact) mass is 373 g/mol. The number of hydrogen-bond acceptors (Lipinski definition) is 6. The lowest BCUT2D eigenvalue weighted by molar-refractivity contribution is -0.118. The van der Waals surface area contributed by atoms with E-state index in [0.717, 1.165) is 5.56 Å². The number of thioether (sulfide) groups is 1. The molecule has 0 saturated carbocycles. The number of aromatic nitrogens is 4. The first kappa shape index (κ1) is 18.2. The molecule has 0 spiro atoms. The van der Waals surface area contributed by atoms with Crippen LogP contribution in [0.25, 0.3) is 5.65 Å². The Bertz CT molecular complexity index is 938. The SMILES string of the molecule is COCCNC(=O)CSc1nnc2c(=O)n(Cc3ccccc3)ccn12. The average Bonchev–Trinajstić information content (AvgIpc) is 3.07. The summed E-state index contributed by atoms with van der Waals surface area (Å²) in [6, 6.07) is 9.72. The molecule has 0 fully saturated rings. The van der Waals surface area contributed by atoms with E-state index in [4.69, 9.17) is 4.74 Å². The first-order chi connectivity index (χ1) is 12.7. The van der Waals surface area contributed by atoms with Gasteiger partial charge in [-0.3, -0.25) is 14.0 Å². The highest BCUT2D eigenvalue weighted by atomic mass is 32.2. The normalized spacial score (nSPS) is 11.0. The van der Waals surface area contributed by atoms with E-state index >= 15 is 0 Å². The summed E-state index contributed by atoms with van der Waals surface area (Å²) in [5.41, 5.74) is 1.05. The molecule has 136 valence electrons. The molecule has 1 N–H and O–H groups in total. The van der Waals surface area contributed by atoms with Gasteiger partial charge in [0, 0.05) is 26.0 Å². The van der Waals surface area contributed by atoms with Crippen molar-refractivity contribution in [2.75, 3.05) is 26.0 Å². The van der Waals surface area contributed by atoms with Crippen molar-refractivity contribution in [3.05, 3.63) is 58.6 Å². The Balaban J connectivity index is 1.71. The molecule has 9 heteroatoms. The third kappa shape index (κ3) is 4.30. The van der Waals surface area contributed by atoms with Crippen LogP contribution in [0.15, 0.2) is 52.7 Å². The Morgan fingerprint density at radius 2 is 2.04 bits per heavy atom. The predicted octanol–water partition coefficient (Wildman–Crippen LogP) is 0.794. The second-order valence-corrected chi connectivity index (χ2v) is 6.47. The molecule has 0 aliphatic carbocycles. The van der Waals surface area contributed by atoms with Gasteiger partial charge in [-0.15, -0.1) is 10.2 Å². The molecule has 2 aromatic heterocycles. The van der Waals surface area contributed by atoms with Gasteiger partial charge < -0.3 is 14.6 Å². The maximum atomic E-state index is 12.6. The molecule has 26 heavy (non-hydrogen) atoms. The summed E-state index contributed by atoms with van der Waals surface area (Å²) in [4.78, 5) is 24.4. The summed E-state index contributed by atoms with van der Waals surface area (Å²) in [6.45, 7) is 1.39. The number of rotatable bonds is 8. The van der Waals surface area contributed by atoms with Gasteiger partial charge in [0.05, 0.1) is 18.9 Å². The van der Waals surface area contributed by atoms with E-state index in [9.17, 15) is 9.59 Å². The zero-order valence-corrected chi connectivity index (χ0v) is 15.1. The molecule has 0 radical (unpaired) electrons. The number of carbonyl (C=O) groups is 1. The van der Waals surface area contributed by atoms with Crippen molar-refractivity contribution in [2.45, 2.75) is 11.7 Å². The molecule has 0 aliphatic rings. The molecule has 0 unspecified atom stereocenters. The van der Waals surface area contributed by atoms with Gasteiger partial charge in [-0.05, 0) is 5.56 Å². The quantitative estimate of drug-likeness (QED) is 0.464. The number of amides is 1. The van der Waals surface area contributed by atoms with Gasteiger partial charge in [-0.25, -0.2) is 0 Å². The second-order valence-electron chi connectivity index (χ2n) is 5.52. The summed E-state index contributed by atoms with van der Waals surface area (Å²) >= 11 is 1.23. The van der Waals surface area contributed by atoms with Crippen molar-refractivity contribution in [1.82, 2.24) is 24.5 Å². The first-order valence-corrected chi connectivity index (χ1v) is 9.04. The molecule has 1 amide bonds. The largest absolute Gasteiger partial charge is 0.383 e. The van der Waals surface area contributed by atoms with E-state index in [2.05, 4.69) is 15.5 Å². The van der Waals surface area contributed by atoms with Gasteiger partial charge in [0.25, 0.3) is 5.56 Å². The van der Waals surface area contributed by atoms with Crippen LogP contribution in [0.4, 0.5) is 0 Å². The predicted molar refractivity (Wildman–Crippen MR) is 98.4 cm³/mol. The lowest BCUT2D eigenvalue weighted by atomic mass is 10.2. The van der Waals surface area contributed by atoms with Crippen LogP contribution in [0.3, 0.4) is 0 Å². The molecular formula is C17H19N5O3S. The Hall–Kier alpha value is -2.65. The molecule has 8 nitrogen and oxygen atoms in total. The van der Waals surface area contributed by atoms with Crippen LogP contribution in [0.5, 0.6) is 0 Å². The minimum atomic E-state index is -0.222. The fourth-order valence-corrected chi connectivity index (χ4v) is 3.12. The average molecular weight is 373 g/mol. The van der Waals surface area contributed by atoms with Crippen molar-refractivity contribution in [3.63, 3.8) is 0 Å². The summed E-state index contributed by atoms with van der Waals surface area (Å²) in [6.07, 6.45) is 3.44. The zero-order valence-electron chi connectivity index (χ0n) is 14.3. The lowest BCUT2D eigenvalue weighted by Gasteiger charge is -2.06. The number of methoxy groups -OCH3 is 1. The summed E-state index contributed by atoms with van der Waals surface area (Å²) in [5.74, 6) is 0.0682. The minimum absolute atomic E-state index is 0.124. The topological polar surface area (TPSA) is 90.5 Å². The van der Waals surface area contributed by atoms with E-state index in [0.29, 0.717) is 24.9 Å². The van der Waals surface area contributed by atoms with E-state index in [-0.39, 0.29) is 22.9 Å². The van der Waals surface area contributed by atoms with Crippen LogP contribution < -0.4 is 10.9 Å². The summed E-state index contributed by atoms with van der Waals surface area (Å²) in [7, 11) is 1.58. The minimum Gasteiger partial charge on any atom is -0.383 e. The fourth-order valence-electron chi connectivity index (χ4n) is 2.38. The Kier molecular flexibility index (Phi) is 6.03. The van der Waals surface area contributed by atoms with Crippen molar-refractivity contribution < 1.29 is 9.53 Å². The first-order valence-electron chi connectivity index (χ1n) is 8.05. The van der Waals surface area contributed by atoms with Crippen molar-refractivity contribution in [3.8, 4) is 0 Å². The van der Waals surface area contributed by atoms with Gasteiger partial charge in [0.15, 0.2) is 5.16 Å². The number of hydrogen-bond donors (Lipinski definition) is 1. The van der Waals surface area contributed by atoms with Crippen LogP contribution >= 0.6 is 11.8 Å². The number of nitrogens with one attached hydrogen (secondary N) is 1. The molecule has 0 saturated heterocycles. The van der Waals surface area contributed by atoms with Crippen molar-refractivity contribution in [2.24, 2.45) is 0 Å². The molecule has 3 aromatic rings. The highest BCUT2D eigenvalue weighted by Crippen LogP contribution is 2.15. The number of ether oxygens (including phenoxy) is 1. The van der Waals surface area contributed by atoms with E-state index in [1.165, 1.54) is 11.8 Å². The zero-order chi connectivity index (χ0) is 18.4. The molecule has 0 bridgehead atoms. The van der Waals surface area contributed by atoms with E-state index < -0.39 is 0 Å². The van der Waals surface area contributed by atoms with Crippen LogP contribution in [0.1, 0.15) is 5.56 Å². The van der Waals surface area contributed by atoms with Crippen LogP contribution in [0, 0.1) is 0 Å². The van der Waals surface area contributed by atoms with Crippen LogP contribution in [-0.2, 0) is 16.1 Å². The molecule has 1 aromatic carbocycles. The Morgan fingerprint density at radius 1 is 1.23 bits per heavy atom. The van der Waals surface area contributed by atoms with E-state index in [1.807, 2.05) is 30.3 Å². The smallest absolute Gasteiger partial charge is 0.296 e. The molecule has 0 atom stereocenters. The fraction of sp³-hybridized carbons (Fsp3) is 0.294. The maximum absolute atomic E-state index is 12.6. The van der Waals surface area contributed by atoms with E-state index in [1.54, 1.807) is 28.5 Å². The summed E-state index contributed by atoms with van der Waals surface area (Å²) in [5, 5.41) is 11.3. The molecule has 2 heterocycles. The molecule has 0 aliphatic heterocycles. The van der Waals surface area contributed by atoms with Gasteiger partial charge in [0.1, 0.15) is 0 Å². The third-order valence-corrected chi connectivity index (χ3v) is 4.61. The van der Waals surface area contributed by atoms with Gasteiger partial charge in [-0.1, -0.05) is 42.1 Å². The van der Waals surface area contributed by atoms with Crippen LogP contribution in [-0.4, -0.2) is 51.1 Å². The maximum Gasteiger partial charge on any atom is 0.296 e. The highest BCUT2D eigenvalue weighted by molar-refractivity contribution is 7.99. The Labute approximate surface area is 154 Å². The van der Waals surface area contributed by atoms with Crippen molar-refractivity contribution >= 4 is 23.3 Å². The second kappa shape index (κ2) is 8.63. The number of carbonyl (C=O) groups excluding carboxylic acids is 1. The highest BCUT2D eigenvalue weighted by Gasteiger charge is 2.12. The number of nitrogens with zero attached hydrogens (tertiary/aromatic N) is 4. The van der Waals surface area contributed by atoms with Gasteiger partial charge in [0.2, 0.25) is 11.6 Å². The van der Waals surface area contributed by atoms with Gasteiger partial charge >= 0.3 is 0 Å². The number of fused-ring (bicyclic) bond motifs is 1. The third-order valence-electron chi connectivity index (χ3n) is 3.67. The summed E-state index contributed by atoms with van der Waals surface area (Å²) < 4.78 is 8.08. The van der Waals surface area contributed by atoms with Gasteiger partial charge in [-0.2, -0.15) is 0 Å².